The summed E-state index contributed by atoms with van der Waals surface area (Å²) in [6.07, 6.45) is 2.00. The molecule has 0 atom stereocenters. The Bertz CT molecular complexity index is 1050. The number of carboxylic acid groups (broad SMARTS) is 1. The van der Waals surface area contributed by atoms with Crippen molar-refractivity contribution in [2.75, 3.05) is 12.0 Å². The third-order valence-corrected chi connectivity index (χ3v) is 4.72. The van der Waals surface area contributed by atoms with Crippen molar-refractivity contribution < 1.29 is 19.0 Å². The van der Waals surface area contributed by atoms with Gasteiger partial charge < -0.3 is 9.84 Å². The highest BCUT2D eigenvalue weighted by atomic mass is 19.1. The molecule has 0 radical (unpaired) electrons. The number of nitrogens with zero attached hydrogens (tertiary/aromatic N) is 3. The van der Waals surface area contributed by atoms with Gasteiger partial charge in [0, 0.05) is 34.8 Å². The molecular formula is C22H22FN3O3. The number of halogens is 1. The molecule has 2 heterocycles. The summed E-state index contributed by atoms with van der Waals surface area (Å²) in [6.45, 7) is 5.70. The van der Waals surface area contributed by atoms with E-state index in [1.54, 1.807) is 31.5 Å². The molecule has 29 heavy (non-hydrogen) atoms. The normalized spacial score (nSPS) is 10.7. The van der Waals surface area contributed by atoms with Crippen LogP contribution in [-0.4, -0.2) is 28.3 Å². The molecule has 1 amide bonds. The smallest absolute Gasteiger partial charge is 0.412 e. The lowest BCUT2D eigenvalue weighted by Crippen LogP contribution is -2.29. The topological polar surface area (TPSA) is 75.5 Å². The maximum absolute atomic E-state index is 13.2. The zero-order chi connectivity index (χ0) is 21.1. The Kier molecular flexibility index (Phi) is 5.77. The molecule has 1 N–H and O–H groups in total. The lowest BCUT2D eigenvalue weighted by Gasteiger charge is -2.22. The molecule has 0 aliphatic rings. The van der Waals surface area contributed by atoms with Crippen molar-refractivity contribution in [2.45, 2.75) is 27.3 Å². The summed E-state index contributed by atoms with van der Waals surface area (Å²) in [5, 5.41) is 9.85. The van der Waals surface area contributed by atoms with Crippen LogP contribution in [0.2, 0.25) is 0 Å². The zero-order valence-corrected chi connectivity index (χ0v) is 16.7. The molecule has 3 aromatic rings. The summed E-state index contributed by atoms with van der Waals surface area (Å²) in [5.41, 5.74) is 5.13. The predicted octanol–water partition coefficient (Wildman–Crippen LogP) is 4.90. The lowest BCUT2D eigenvalue weighted by atomic mass is 10.0. The molecule has 0 spiro atoms. The summed E-state index contributed by atoms with van der Waals surface area (Å²) in [6, 6.07) is 8.32. The van der Waals surface area contributed by atoms with Gasteiger partial charge in [0.25, 0.3) is 0 Å². The molecule has 2 aromatic heterocycles. The van der Waals surface area contributed by atoms with Crippen LogP contribution in [0.4, 0.5) is 14.9 Å². The first-order valence-corrected chi connectivity index (χ1v) is 9.03. The second-order valence-electron chi connectivity index (χ2n) is 6.84. The Hall–Kier alpha value is -3.48. The van der Waals surface area contributed by atoms with E-state index >= 15 is 0 Å². The fourth-order valence-corrected chi connectivity index (χ4v) is 3.28. The molecule has 0 unspecified atom stereocenters. The molecule has 1 aromatic carbocycles. The van der Waals surface area contributed by atoms with E-state index in [1.807, 2.05) is 26.8 Å². The van der Waals surface area contributed by atoms with Crippen LogP contribution < -0.4 is 9.64 Å². The van der Waals surface area contributed by atoms with E-state index in [-0.39, 0.29) is 6.54 Å². The van der Waals surface area contributed by atoms with E-state index in [1.165, 1.54) is 17.2 Å². The standard InChI is InChI=1S/C22H22FN3O3/c1-13-7-17(16-5-6-20(23)25-11-16)9-18(8-13)26(22(27)28)12-19-15(3)21(29-4)14(2)10-24-19/h5-11H,12H2,1-4H3,(H,27,28). The largest absolute Gasteiger partial charge is 0.496 e. The average molecular weight is 395 g/mol. The number of aromatic nitrogens is 2. The van der Waals surface area contributed by atoms with Crippen LogP contribution in [0, 0.1) is 26.7 Å². The summed E-state index contributed by atoms with van der Waals surface area (Å²) in [5.74, 6) is 0.131. The molecule has 6 nitrogen and oxygen atoms in total. The zero-order valence-electron chi connectivity index (χ0n) is 16.7. The fourth-order valence-electron chi connectivity index (χ4n) is 3.28. The minimum absolute atomic E-state index is 0.0718. The number of hydrogen-bond acceptors (Lipinski definition) is 4. The van der Waals surface area contributed by atoms with Gasteiger partial charge in [0.2, 0.25) is 5.95 Å². The van der Waals surface area contributed by atoms with Crippen molar-refractivity contribution in [3.63, 3.8) is 0 Å². The monoisotopic (exact) mass is 395 g/mol. The van der Waals surface area contributed by atoms with Gasteiger partial charge in [-0.1, -0.05) is 6.07 Å². The van der Waals surface area contributed by atoms with Crippen molar-refractivity contribution in [2.24, 2.45) is 0 Å². The van der Waals surface area contributed by atoms with Gasteiger partial charge in [-0.05, 0) is 56.2 Å². The van der Waals surface area contributed by atoms with E-state index < -0.39 is 12.0 Å². The number of rotatable bonds is 5. The predicted molar refractivity (Wildman–Crippen MR) is 109 cm³/mol. The van der Waals surface area contributed by atoms with Crippen molar-refractivity contribution in [3.05, 3.63) is 71.1 Å². The Morgan fingerprint density at radius 1 is 1.10 bits per heavy atom. The highest BCUT2D eigenvalue weighted by Gasteiger charge is 2.20. The van der Waals surface area contributed by atoms with Gasteiger partial charge in [-0.25, -0.2) is 9.78 Å². The second-order valence-corrected chi connectivity index (χ2v) is 6.84. The first kappa shape index (κ1) is 20.3. The minimum atomic E-state index is -1.10. The summed E-state index contributed by atoms with van der Waals surface area (Å²) < 4.78 is 18.6. The van der Waals surface area contributed by atoms with Crippen LogP contribution >= 0.6 is 0 Å². The second kappa shape index (κ2) is 8.26. The highest BCUT2D eigenvalue weighted by molar-refractivity contribution is 5.87. The maximum atomic E-state index is 13.2. The molecule has 0 bridgehead atoms. The van der Waals surface area contributed by atoms with Crippen LogP contribution in [0.3, 0.4) is 0 Å². The number of ether oxygens (including phenoxy) is 1. The van der Waals surface area contributed by atoms with E-state index in [4.69, 9.17) is 4.74 Å². The van der Waals surface area contributed by atoms with Gasteiger partial charge >= 0.3 is 6.09 Å². The van der Waals surface area contributed by atoms with E-state index in [0.717, 1.165) is 22.3 Å². The maximum Gasteiger partial charge on any atom is 0.412 e. The number of hydrogen-bond donors (Lipinski definition) is 1. The first-order chi connectivity index (χ1) is 13.8. The molecule has 0 aliphatic heterocycles. The van der Waals surface area contributed by atoms with Gasteiger partial charge in [-0.2, -0.15) is 4.39 Å². The van der Waals surface area contributed by atoms with E-state index in [0.29, 0.717) is 22.7 Å². The first-order valence-electron chi connectivity index (χ1n) is 9.03. The minimum Gasteiger partial charge on any atom is -0.496 e. The van der Waals surface area contributed by atoms with Crippen LogP contribution in [0.15, 0.2) is 42.7 Å². The van der Waals surface area contributed by atoms with E-state index in [2.05, 4.69) is 9.97 Å². The van der Waals surface area contributed by atoms with Crippen molar-refractivity contribution in [1.82, 2.24) is 9.97 Å². The SMILES string of the molecule is COc1c(C)cnc(CN(C(=O)O)c2cc(C)cc(-c3ccc(F)nc3)c2)c1C. The third kappa shape index (κ3) is 4.34. The molecule has 0 fully saturated rings. The Labute approximate surface area is 168 Å². The van der Waals surface area contributed by atoms with Crippen LogP contribution in [0.1, 0.15) is 22.4 Å². The number of methoxy groups -OCH3 is 1. The van der Waals surface area contributed by atoms with Crippen LogP contribution in [0.5, 0.6) is 5.75 Å². The molecule has 0 aliphatic carbocycles. The summed E-state index contributed by atoms with van der Waals surface area (Å²) in [4.78, 5) is 21.4. The third-order valence-electron chi connectivity index (χ3n) is 4.72. The Morgan fingerprint density at radius 2 is 1.86 bits per heavy atom. The Balaban J connectivity index is 2.02. The van der Waals surface area contributed by atoms with Crippen molar-refractivity contribution in [1.29, 1.82) is 0 Å². The lowest BCUT2D eigenvalue weighted by molar-refractivity contribution is 0.201. The average Bonchev–Trinajstić information content (AvgIpc) is 2.67. The van der Waals surface area contributed by atoms with Gasteiger partial charge in [-0.15, -0.1) is 0 Å². The molecule has 0 saturated heterocycles. The number of anilines is 1. The fraction of sp³-hybridized carbons (Fsp3) is 0.227. The van der Waals surface area contributed by atoms with Crippen molar-refractivity contribution >= 4 is 11.8 Å². The quantitative estimate of drug-likeness (QED) is 0.622. The molecule has 150 valence electrons. The van der Waals surface area contributed by atoms with Gasteiger partial charge in [0.05, 0.1) is 19.3 Å². The molecule has 0 saturated carbocycles. The Morgan fingerprint density at radius 3 is 2.48 bits per heavy atom. The van der Waals surface area contributed by atoms with Gasteiger partial charge in [0.1, 0.15) is 5.75 Å². The van der Waals surface area contributed by atoms with Crippen molar-refractivity contribution in [3.8, 4) is 16.9 Å². The number of pyridine rings is 2. The van der Waals surface area contributed by atoms with Crippen LogP contribution in [-0.2, 0) is 6.54 Å². The molecule has 7 heteroatoms. The number of aryl methyl sites for hydroxylation is 2. The van der Waals surface area contributed by atoms with Gasteiger partial charge in [-0.3, -0.25) is 9.88 Å². The summed E-state index contributed by atoms with van der Waals surface area (Å²) >= 11 is 0. The van der Waals surface area contributed by atoms with Crippen LogP contribution in [0.25, 0.3) is 11.1 Å². The summed E-state index contributed by atoms with van der Waals surface area (Å²) in [7, 11) is 1.58. The van der Waals surface area contributed by atoms with Gasteiger partial charge in [0.15, 0.2) is 0 Å². The molecular weight excluding hydrogens is 373 g/mol. The highest BCUT2D eigenvalue weighted by Crippen LogP contribution is 2.30. The number of carbonyl (C=O) groups is 1. The van der Waals surface area contributed by atoms with E-state index in [9.17, 15) is 14.3 Å². The number of amides is 1. The number of benzene rings is 1. The molecule has 3 rings (SSSR count).